The summed E-state index contributed by atoms with van der Waals surface area (Å²) in [6.45, 7) is 8.13. The van der Waals surface area contributed by atoms with Crippen LogP contribution in [0.25, 0.3) is 0 Å². The summed E-state index contributed by atoms with van der Waals surface area (Å²) in [6, 6.07) is 8.76. The van der Waals surface area contributed by atoms with Crippen LogP contribution in [0.1, 0.15) is 46.0 Å². The van der Waals surface area contributed by atoms with Gasteiger partial charge in [-0.25, -0.2) is 0 Å². The average Bonchev–Trinajstić information content (AvgIpc) is 2.66. The maximum atomic E-state index is 3.55. The maximum Gasteiger partial charge on any atom is 0.0602 e. The zero-order valence-electron chi connectivity index (χ0n) is 12.5. The van der Waals surface area contributed by atoms with Crippen molar-refractivity contribution in [3.05, 3.63) is 24.3 Å². The molecule has 19 heavy (non-hydrogen) atoms. The third kappa shape index (κ3) is 3.89. The third-order valence-electron chi connectivity index (χ3n) is 4.19. The van der Waals surface area contributed by atoms with Gasteiger partial charge >= 0.3 is 0 Å². The minimum atomic E-state index is 0.839. The zero-order chi connectivity index (χ0) is 13.5. The highest BCUT2D eigenvalue weighted by atomic mass is 15.2. The Labute approximate surface area is 118 Å². The number of nitrogens with one attached hydrogen (secondary N) is 1. The van der Waals surface area contributed by atoms with Crippen molar-refractivity contribution in [1.29, 1.82) is 0 Å². The molecule has 1 heterocycles. The number of rotatable bonds is 6. The second-order valence-corrected chi connectivity index (χ2v) is 5.66. The molecule has 1 N–H and O–H groups in total. The third-order valence-corrected chi connectivity index (χ3v) is 4.19. The van der Waals surface area contributed by atoms with Crippen LogP contribution in [0.5, 0.6) is 0 Å². The van der Waals surface area contributed by atoms with E-state index >= 15 is 0 Å². The SMILES string of the molecule is CCCCC(CC)CN1CCCNc2ccccc21. The van der Waals surface area contributed by atoms with Gasteiger partial charge in [0, 0.05) is 19.6 Å². The molecule has 0 aliphatic carbocycles. The number of hydrogen-bond acceptors (Lipinski definition) is 2. The highest BCUT2D eigenvalue weighted by Gasteiger charge is 2.17. The quantitative estimate of drug-likeness (QED) is 0.808. The lowest BCUT2D eigenvalue weighted by Gasteiger charge is -2.29. The van der Waals surface area contributed by atoms with Crippen LogP contribution < -0.4 is 10.2 Å². The number of anilines is 2. The molecule has 0 bridgehead atoms. The van der Waals surface area contributed by atoms with Gasteiger partial charge in [-0.05, 0) is 30.9 Å². The van der Waals surface area contributed by atoms with E-state index in [1.807, 2.05) is 0 Å². The monoisotopic (exact) mass is 260 g/mol. The fourth-order valence-corrected chi connectivity index (χ4v) is 2.93. The molecule has 0 saturated heterocycles. The summed E-state index contributed by atoms with van der Waals surface area (Å²) in [7, 11) is 0. The van der Waals surface area contributed by atoms with Gasteiger partial charge in [-0.15, -0.1) is 0 Å². The first kappa shape index (κ1) is 14.2. The lowest BCUT2D eigenvalue weighted by atomic mass is 9.98. The number of unbranched alkanes of at least 4 members (excludes halogenated alkanes) is 1. The number of hydrogen-bond donors (Lipinski definition) is 1. The molecule has 1 aromatic carbocycles. The molecule has 0 fully saturated rings. The molecular formula is C17H28N2. The molecule has 0 amide bonds. The van der Waals surface area contributed by atoms with Crippen LogP contribution in [0, 0.1) is 5.92 Å². The Hall–Kier alpha value is -1.18. The molecular weight excluding hydrogens is 232 g/mol. The van der Waals surface area contributed by atoms with Gasteiger partial charge in [-0.3, -0.25) is 0 Å². The molecule has 106 valence electrons. The Morgan fingerprint density at radius 2 is 2.11 bits per heavy atom. The Kier molecular flexibility index (Phi) is 5.56. The molecule has 0 spiro atoms. The van der Waals surface area contributed by atoms with Crippen LogP contribution in [0.4, 0.5) is 11.4 Å². The van der Waals surface area contributed by atoms with Crippen LogP contribution in [0.3, 0.4) is 0 Å². The van der Waals surface area contributed by atoms with Gasteiger partial charge in [0.15, 0.2) is 0 Å². The molecule has 1 aliphatic rings. The van der Waals surface area contributed by atoms with Crippen molar-refractivity contribution in [2.75, 3.05) is 29.9 Å². The van der Waals surface area contributed by atoms with E-state index in [0.717, 1.165) is 12.5 Å². The molecule has 2 heteroatoms. The van der Waals surface area contributed by atoms with E-state index in [9.17, 15) is 0 Å². The smallest absolute Gasteiger partial charge is 0.0602 e. The zero-order valence-corrected chi connectivity index (χ0v) is 12.5. The summed E-state index contributed by atoms with van der Waals surface area (Å²) in [5, 5.41) is 3.55. The van der Waals surface area contributed by atoms with E-state index in [0.29, 0.717) is 0 Å². The van der Waals surface area contributed by atoms with Crippen LogP contribution >= 0.6 is 0 Å². The topological polar surface area (TPSA) is 15.3 Å². The van der Waals surface area contributed by atoms with Gasteiger partial charge in [0.1, 0.15) is 0 Å². The molecule has 1 aliphatic heterocycles. The average molecular weight is 260 g/mol. The van der Waals surface area contributed by atoms with Crippen molar-refractivity contribution in [2.24, 2.45) is 5.92 Å². The minimum Gasteiger partial charge on any atom is -0.383 e. The van der Waals surface area contributed by atoms with Gasteiger partial charge in [0.05, 0.1) is 11.4 Å². The highest BCUT2D eigenvalue weighted by Crippen LogP contribution is 2.29. The largest absolute Gasteiger partial charge is 0.383 e. The maximum absolute atomic E-state index is 3.55. The van der Waals surface area contributed by atoms with E-state index < -0.39 is 0 Å². The molecule has 0 radical (unpaired) electrons. The number of fused-ring (bicyclic) bond motifs is 1. The Balaban J connectivity index is 2.06. The van der Waals surface area contributed by atoms with Crippen molar-refractivity contribution >= 4 is 11.4 Å². The first-order chi connectivity index (χ1) is 9.35. The molecule has 1 unspecified atom stereocenters. The molecule has 1 atom stereocenters. The van der Waals surface area contributed by atoms with Crippen LogP contribution in [0.15, 0.2) is 24.3 Å². The van der Waals surface area contributed by atoms with E-state index in [2.05, 4.69) is 48.3 Å². The fourth-order valence-electron chi connectivity index (χ4n) is 2.93. The van der Waals surface area contributed by atoms with E-state index in [-0.39, 0.29) is 0 Å². The van der Waals surface area contributed by atoms with Crippen LogP contribution in [-0.2, 0) is 0 Å². The molecule has 1 aromatic rings. The van der Waals surface area contributed by atoms with Crippen molar-refractivity contribution in [3.63, 3.8) is 0 Å². The van der Waals surface area contributed by atoms with Crippen molar-refractivity contribution in [3.8, 4) is 0 Å². The molecule has 2 nitrogen and oxygen atoms in total. The predicted molar refractivity (Wildman–Crippen MR) is 85.1 cm³/mol. The number of para-hydroxylation sites is 2. The molecule has 2 rings (SSSR count). The van der Waals surface area contributed by atoms with E-state index in [1.54, 1.807) is 0 Å². The van der Waals surface area contributed by atoms with E-state index in [1.165, 1.54) is 56.6 Å². The van der Waals surface area contributed by atoms with Crippen molar-refractivity contribution in [1.82, 2.24) is 0 Å². The molecule has 0 saturated carbocycles. The van der Waals surface area contributed by atoms with Gasteiger partial charge in [0.2, 0.25) is 0 Å². The van der Waals surface area contributed by atoms with Gasteiger partial charge in [0.25, 0.3) is 0 Å². The first-order valence-electron chi connectivity index (χ1n) is 7.93. The van der Waals surface area contributed by atoms with Gasteiger partial charge in [-0.1, -0.05) is 45.2 Å². The summed E-state index contributed by atoms with van der Waals surface area (Å²) in [5.41, 5.74) is 2.71. The van der Waals surface area contributed by atoms with Crippen molar-refractivity contribution in [2.45, 2.75) is 46.0 Å². The van der Waals surface area contributed by atoms with E-state index in [4.69, 9.17) is 0 Å². The lowest BCUT2D eigenvalue weighted by Crippen LogP contribution is -2.30. The lowest BCUT2D eigenvalue weighted by molar-refractivity contribution is 0.446. The highest BCUT2D eigenvalue weighted by molar-refractivity contribution is 5.70. The van der Waals surface area contributed by atoms with Crippen molar-refractivity contribution < 1.29 is 0 Å². The fraction of sp³-hybridized carbons (Fsp3) is 0.647. The van der Waals surface area contributed by atoms with Crippen LogP contribution in [-0.4, -0.2) is 19.6 Å². The minimum absolute atomic E-state index is 0.839. The summed E-state index contributed by atoms with van der Waals surface area (Å²) >= 11 is 0. The van der Waals surface area contributed by atoms with Gasteiger partial charge < -0.3 is 10.2 Å². The summed E-state index contributed by atoms with van der Waals surface area (Å²) in [5.74, 6) is 0.839. The Bertz CT molecular complexity index is 375. The molecule has 0 aromatic heterocycles. The first-order valence-corrected chi connectivity index (χ1v) is 7.93. The second-order valence-electron chi connectivity index (χ2n) is 5.66. The number of nitrogens with zero attached hydrogens (tertiary/aromatic N) is 1. The number of benzene rings is 1. The normalized spacial score (nSPS) is 16.4. The van der Waals surface area contributed by atoms with Crippen LogP contribution in [0.2, 0.25) is 0 Å². The predicted octanol–water partition coefficient (Wildman–Crippen LogP) is 4.53. The Morgan fingerprint density at radius 3 is 2.89 bits per heavy atom. The Morgan fingerprint density at radius 1 is 1.26 bits per heavy atom. The van der Waals surface area contributed by atoms with Gasteiger partial charge in [-0.2, -0.15) is 0 Å². The second kappa shape index (κ2) is 7.42. The standard InChI is InChI=1S/C17H28N2/c1-3-5-9-15(4-2)14-19-13-8-12-18-16-10-6-7-11-17(16)19/h6-7,10-11,15,18H,3-5,8-9,12-14H2,1-2H3. The summed E-state index contributed by atoms with van der Waals surface area (Å²) in [6.07, 6.45) is 6.59. The summed E-state index contributed by atoms with van der Waals surface area (Å²) < 4.78 is 0. The summed E-state index contributed by atoms with van der Waals surface area (Å²) in [4.78, 5) is 2.60.